The average molecular weight is 127 g/mol. The zero-order valence-electron chi connectivity index (χ0n) is 3.83. The molecule has 0 aliphatic rings. The molecule has 0 bridgehead atoms. The van der Waals surface area contributed by atoms with E-state index >= 15 is 0 Å². The molecule has 0 aliphatic carbocycles. The molecule has 0 aliphatic heterocycles. The van der Waals surface area contributed by atoms with Crippen LogP contribution in [0.2, 0.25) is 0 Å². The molecule has 7 heavy (non-hydrogen) atoms. The molecule has 0 fully saturated rings. The Morgan fingerprint density at radius 1 is 1.57 bits per heavy atom. The fourth-order valence-corrected chi connectivity index (χ4v) is 0.0497. The van der Waals surface area contributed by atoms with Gasteiger partial charge in [-0.2, -0.15) is 0 Å². The summed E-state index contributed by atoms with van der Waals surface area (Å²) >= 11 is 0. The molecule has 0 N–H and O–H groups in total. The van der Waals surface area contributed by atoms with E-state index in [0.717, 1.165) is 0 Å². The summed E-state index contributed by atoms with van der Waals surface area (Å²) in [7, 11) is 0. The maximum absolute atomic E-state index is 9.12. The Kier molecular flexibility index (Phi) is 9.90. The predicted octanol–water partition coefficient (Wildman–Crippen LogP) is -3.90. The van der Waals surface area contributed by atoms with Crippen molar-refractivity contribution in [1.82, 2.24) is 0 Å². The Morgan fingerprint density at radius 3 is 2.00 bits per heavy atom. The number of hydrogen-bond acceptors (Lipinski definition) is 3. The minimum absolute atomic E-state index is 0. The van der Waals surface area contributed by atoms with Gasteiger partial charge in [-0.25, -0.2) is 0 Å². The van der Waals surface area contributed by atoms with Crippen LogP contribution < -0.4 is 56.5 Å². The van der Waals surface area contributed by atoms with Gasteiger partial charge in [-0.3, -0.25) is 10.1 Å². The van der Waals surface area contributed by atoms with Gasteiger partial charge >= 0.3 is 51.4 Å². The van der Waals surface area contributed by atoms with Crippen LogP contribution in [0.5, 0.6) is 0 Å². The van der Waals surface area contributed by atoms with Crippen molar-refractivity contribution in [3.63, 3.8) is 0 Å². The monoisotopic (exact) mass is 127 g/mol. The Balaban J connectivity index is 0. The molecule has 34 valence electrons. The van der Waals surface area contributed by atoms with Crippen molar-refractivity contribution in [2.75, 3.05) is 0 Å². The Morgan fingerprint density at radius 2 is 2.00 bits per heavy atom. The molecule has 5 heteroatoms. The Hall–Kier alpha value is 0.576. The third-order valence-corrected chi connectivity index (χ3v) is 0.183. The summed E-state index contributed by atoms with van der Waals surface area (Å²) in [5, 5.41) is 18.2. The van der Waals surface area contributed by atoms with Crippen molar-refractivity contribution >= 4 is 0 Å². The van der Waals surface area contributed by atoms with E-state index in [4.69, 9.17) is 15.2 Å². The minimum Gasteiger partial charge on any atom is -0.874 e. The van der Waals surface area contributed by atoms with Crippen LogP contribution in [0.25, 0.3) is 0 Å². The number of hydrogen-bond donors (Lipinski definition) is 0. The van der Waals surface area contributed by atoms with E-state index < -0.39 is 4.92 Å². The summed E-state index contributed by atoms with van der Waals surface area (Å²) in [4.78, 5) is 8.31. The van der Waals surface area contributed by atoms with Crippen molar-refractivity contribution in [1.29, 1.82) is 0 Å². The van der Waals surface area contributed by atoms with Crippen LogP contribution >= 0.6 is 0 Å². The number of nitro groups is 1. The number of rotatable bonds is 1. The molecule has 4 nitrogen and oxygen atoms in total. The molecule has 0 saturated heterocycles. The second kappa shape index (κ2) is 6.58. The van der Waals surface area contributed by atoms with Crippen molar-refractivity contribution in [2.24, 2.45) is 0 Å². The third-order valence-electron chi connectivity index (χ3n) is 0.183. The molecule has 0 spiro atoms. The summed E-state index contributed by atoms with van der Waals surface area (Å²) in [5.41, 5.74) is 0. The SMILES string of the molecule is O=[N+]([O-])/C=C/[O-].[K+]. The van der Waals surface area contributed by atoms with E-state index in [1.165, 1.54) is 0 Å². The molecular weight excluding hydrogens is 125 g/mol. The van der Waals surface area contributed by atoms with Crippen LogP contribution in [0.4, 0.5) is 0 Å². The quantitative estimate of drug-likeness (QED) is 0.156. The van der Waals surface area contributed by atoms with Gasteiger partial charge in [0, 0.05) is 0 Å². The summed E-state index contributed by atoms with van der Waals surface area (Å²) in [6, 6.07) is 0. The first-order chi connectivity index (χ1) is 2.77. The van der Waals surface area contributed by atoms with Gasteiger partial charge in [0.05, 0.1) is 4.92 Å². The van der Waals surface area contributed by atoms with Gasteiger partial charge in [-0.1, -0.05) is 6.26 Å². The number of nitrogens with zero attached hydrogens (tertiary/aromatic N) is 1. The maximum Gasteiger partial charge on any atom is 1.00 e. The Bertz CT molecular complexity index is 81.0. The van der Waals surface area contributed by atoms with E-state index in [-0.39, 0.29) is 57.6 Å². The summed E-state index contributed by atoms with van der Waals surface area (Å²) in [6.07, 6.45) is 0.458. The summed E-state index contributed by atoms with van der Waals surface area (Å²) in [5.74, 6) is 0. The molecule has 0 heterocycles. The zero-order chi connectivity index (χ0) is 4.99. The smallest absolute Gasteiger partial charge is 0.874 e. The molecule has 0 aromatic carbocycles. The summed E-state index contributed by atoms with van der Waals surface area (Å²) < 4.78 is 0. The van der Waals surface area contributed by atoms with Gasteiger partial charge < -0.3 is 5.11 Å². The van der Waals surface area contributed by atoms with E-state index in [1.54, 1.807) is 0 Å². The standard InChI is InChI=1S/C2H3NO3.K/c4-2-1-3(5)6;/h1-2,4H;/q;+1/p-1/b2-1+;. The maximum atomic E-state index is 9.12. The van der Waals surface area contributed by atoms with Crippen molar-refractivity contribution < 1.29 is 61.4 Å². The minimum atomic E-state index is -0.812. The molecular formula is C2H2KNO3. The predicted molar refractivity (Wildman–Crippen MR) is 16.1 cm³/mol. The second-order valence-corrected chi connectivity index (χ2v) is 0.571. The van der Waals surface area contributed by atoms with Gasteiger partial charge in [0.2, 0.25) is 6.20 Å². The fourth-order valence-electron chi connectivity index (χ4n) is 0.0497. The van der Waals surface area contributed by atoms with Gasteiger partial charge in [0.25, 0.3) is 0 Å². The van der Waals surface area contributed by atoms with Gasteiger partial charge in [-0.05, 0) is 0 Å². The van der Waals surface area contributed by atoms with E-state index in [0.29, 0.717) is 6.20 Å². The molecule has 0 amide bonds. The van der Waals surface area contributed by atoms with Crippen LogP contribution in [0.15, 0.2) is 12.5 Å². The average Bonchev–Trinajstić information content (AvgIpc) is 1.35. The van der Waals surface area contributed by atoms with Crippen molar-refractivity contribution in [3.05, 3.63) is 22.6 Å². The molecule has 0 atom stereocenters. The van der Waals surface area contributed by atoms with E-state index in [9.17, 15) is 0 Å². The van der Waals surface area contributed by atoms with Crippen LogP contribution in [-0.2, 0) is 0 Å². The largest absolute Gasteiger partial charge is 1.00 e. The molecule has 0 saturated carbocycles. The van der Waals surface area contributed by atoms with Gasteiger partial charge in [-0.15, -0.1) is 0 Å². The fraction of sp³-hybridized carbons (Fsp3) is 0. The first-order valence-corrected chi connectivity index (χ1v) is 1.19. The molecule has 0 aromatic heterocycles. The van der Waals surface area contributed by atoms with Gasteiger partial charge in [0.15, 0.2) is 0 Å². The van der Waals surface area contributed by atoms with Crippen molar-refractivity contribution in [2.45, 2.75) is 0 Å². The van der Waals surface area contributed by atoms with E-state index in [1.807, 2.05) is 0 Å². The second-order valence-electron chi connectivity index (χ2n) is 0.571. The van der Waals surface area contributed by atoms with Crippen LogP contribution in [0.1, 0.15) is 0 Å². The van der Waals surface area contributed by atoms with Crippen LogP contribution in [0, 0.1) is 10.1 Å². The van der Waals surface area contributed by atoms with Crippen LogP contribution in [-0.4, -0.2) is 4.92 Å². The Labute approximate surface area is 82.8 Å². The third kappa shape index (κ3) is 10.8. The zero-order valence-corrected chi connectivity index (χ0v) is 6.95. The van der Waals surface area contributed by atoms with Gasteiger partial charge in [0.1, 0.15) is 0 Å². The first-order valence-electron chi connectivity index (χ1n) is 1.19. The van der Waals surface area contributed by atoms with Crippen LogP contribution in [0.3, 0.4) is 0 Å². The molecule has 0 rings (SSSR count). The molecule has 0 aromatic rings. The van der Waals surface area contributed by atoms with E-state index in [2.05, 4.69) is 0 Å². The normalized spacial score (nSPS) is 8.00. The summed E-state index contributed by atoms with van der Waals surface area (Å²) in [6.45, 7) is 0. The van der Waals surface area contributed by atoms with Crippen molar-refractivity contribution in [3.8, 4) is 0 Å². The molecule has 0 unspecified atom stereocenters. The molecule has 0 radical (unpaired) electrons. The topological polar surface area (TPSA) is 66.2 Å². The first kappa shape index (κ1) is 10.5.